The highest BCUT2D eigenvalue weighted by atomic mass is 19.1. The number of amides is 2. The molecule has 2 amide bonds. The van der Waals surface area contributed by atoms with E-state index in [1.165, 1.54) is 18.7 Å². The van der Waals surface area contributed by atoms with Gasteiger partial charge in [-0.15, -0.1) is 0 Å². The molecule has 0 aliphatic carbocycles. The molecule has 186 valence electrons. The van der Waals surface area contributed by atoms with Crippen LogP contribution in [0.25, 0.3) is 0 Å². The van der Waals surface area contributed by atoms with Gasteiger partial charge in [-0.05, 0) is 39.5 Å². The molecule has 0 aromatic rings. The maximum absolute atomic E-state index is 14.9. The summed E-state index contributed by atoms with van der Waals surface area (Å²) in [5, 5.41) is 9.98. The fourth-order valence-corrected chi connectivity index (χ4v) is 4.94. The van der Waals surface area contributed by atoms with Gasteiger partial charge >= 0.3 is 0 Å². The van der Waals surface area contributed by atoms with Crippen LogP contribution in [0.2, 0.25) is 0 Å². The van der Waals surface area contributed by atoms with E-state index in [4.69, 9.17) is 4.74 Å². The number of aliphatic hydroxyl groups is 1. The van der Waals surface area contributed by atoms with Gasteiger partial charge in [0.1, 0.15) is 23.5 Å². The third kappa shape index (κ3) is 5.61. The van der Waals surface area contributed by atoms with Crippen molar-refractivity contribution in [2.24, 2.45) is 16.7 Å². The molecule has 0 saturated carbocycles. The molecular weight excluding hydrogens is 418 g/mol. The van der Waals surface area contributed by atoms with E-state index < -0.39 is 46.2 Å². The third-order valence-electron chi connectivity index (χ3n) is 7.18. The van der Waals surface area contributed by atoms with E-state index in [9.17, 15) is 23.5 Å². The number of carbonyl (C=O) groups is 2. The van der Waals surface area contributed by atoms with Crippen LogP contribution >= 0.6 is 0 Å². The summed E-state index contributed by atoms with van der Waals surface area (Å²) in [5.74, 6) is -1.26. The van der Waals surface area contributed by atoms with Crippen molar-refractivity contribution in [2.45, 2.75) is 91.8 Å². The Balaban J connectivity index is 2.02. The number of alkyl halides is 2. The van der Waals surface area contributed by atoms with Gasteiger partial charge in [0, 0.05) is 24.4 Å². The zero-order chi connectivity index (χ0) is 24.7. The zero-order valence-electron chi connectivity index (χ0n) is 21.0. The second kappa shape index (κ2) is 9.16. The molecule has 2 rings (SSSR count). The molecule has 1 N–H and O–H groups in total. The van der Waals surface area contributed by atoms with Crippen LogP contribution in [0.15, 0.2) is 0 Å². The van der Waals surface area contributed by atoms with Gasteiger partial charge in [-0.3, -0.25) is 9.59 Å². The maximum atomic E-state index is 14.9. The highest BCUT2D eigenvalue weighted by molar-refractivity contribution is 5.85. The lowest BCUT2D eigenvalue weighted by Crippen LogP contribution is -2.49. The summed E-state index contributed by atoms with van der Waals surface area (Å²) in [6.07, 6.45) is -0.750. The summed E-state index contributed by atoms with van der Waals surface area (Å²) in [4.78, 5) is 28.4. The molecule has 32 heavy (non-hydrogen) atoms. The lowest BCUT2D eigenvalue weighted by atomic mass is 9.78. The van der Waals surface area contributed by atoms with Crippen LogP contribution in [0.3, 0.4) is 0 Å². The van der Waals surface area contributed by atoms with Crippen molar-refractivity contribution >= 4 is 11.8 Å². The Bertz CT molecular complexity index is 707. The lowest BCUT2D eigenvalue weighted by Gasteiger charge is -2.37. The molecule has 2 aliphatic heterocycles. The molecule has 8 heteroatoms. The van der Waals surface area contributed by atoms with Crippen molar-refractivity contribution in [3.05, 3.63) is 0 Å². The van der Waals surface area contributed by atoms with Gasteiger partial charge in [0.25, 0.3) is 11.8 Å². The second-order valence-corrected chi connectivity index (χ2v) is 11.7. The van der Waals surface area contributed by atoms with Crippen LogP contribution in [0, 0.1) is 16.7 Å². The predicted molar refractivity (Wildman–Crippen MR) is 120 cm³/mol. The number of likely N-dealkylation sites (tertiary alicyclic amines) is 2. The van der Waals surface area contributed by atoms with Gasteiger partial charge in [-0.25, -0.2) is 8.78 Å². The number of hydrogen-bond donors (Lipinski definition) is 1. The van der Waals surface area contributed by atoms with Crippen molar-refractivity contribution in [3.8, 4) is 0 Å². The van der Waals surface area contributed by atoms with Gasteiger partial charge in [0.15, 0.2) is 0 Å². The van der Waals surface area contributed by atoms with E-state index in [1.54, 1.807) is 18.7 Å². The average molecular weight is 461 g/mol. The summed E-state index contributed by atoms with van der Waals surface area (Å²) >= 11 is 0. The van der Waals surface area contributed by atoms with Crippen LogP contribution < -0.4 is 0 Å². The van der Waals surface area contributed by atoms with Crippen LogP contribution in [0.1, 0.15) is 68.2 Å². The molecule has 2 aliphatic rings. The Morgan fingerprint density at radius 3 is 2.16 bits per heavy atom. The maximum Gasteiger partial charge on any atom is 0.254 e. The molecule has 2 fully saturated rings. The van der Waals surface area contributed by atoms with Gasteiger partial charge in [-0.1, -0.05) is 34.1 Å². The van der Waals surface area contributed by atoms with E-state index in [-0.39, 0.29) is 32.1 Å². The third-order valence-corrected chi connectivity index (χ3v) is 7.18. The number of halogens is 2. The molecule has 0 radical (unpaired) electrons. The fourth-order valence-electron chi connectivity index (χ4n) is 4.94. The first kappa shape index (κ1) is 27.0. The summed E-state index contributed by atoms with van der Waals surface area (Å²) in [5.41, 5.74) is -3.93. The van der Waals surface area contributed by atoms with E-state index in [0.29, 0.717) is 13.0 Å². The number of carbonyl (C=O) groups excluding carboxylic acids is 2. The topological polar surface area (TPSA) is 70.1 Å². The minimum absolute atomic E-state index is 0.0642. The van der Waals surface area contributed by atoms with Crippen LogP contribution in [-0.4, -0.2) is 83.1 Å². The Labute approximate surface area is 191 Å². The minimum Gasteiger partial charge on any atom is -0.381 e. The molecule has 4 atom stereocenters. The van der Waals surface area contributed by atoms with Crippen molar-refractivity contribution in [1.29, 1.82) is 0 Å². The molecular formula is C24H42F2N2O4. The average Bonchev–Trinajstić information content (AvgIpc) is 3.19. The van der Waals surface area contributed by atoms with Gasteiger partial charge < -0.3 is 19.6 Å². The van der Waals surface area contributed by atoms with Crippen molar-refractivity contribution in [2.75, 3.05) is 32.8 Å². The van der Waals surface area contributed by atoms with Crippen LogP contribution in [0.4, 0.5) is 8.78 Å². The van der Waals surface area contributed by atoms with Gasteiger partial charge in [0.2, 0.25) is 0 Å². The first-order chi connectivity index (χ1) is 14.4. The van der Waals surface area contributed by atoms with E-state index in [2.05, 4.69) is 0 Å². The Morgan fingerprint density at radius 1 is 1.03 bits per heavy atom. The standard InChI is InChI=1S/C24H42F2N2O4/c1-9-10-24(8)14-28(13-18(24)26)20(30)23(6,7)32-15-21(2,3)16-11-27(12-17(16)25)19(29)22(4,5)31/h16-18,31H,9-15H2,1-8H3/t16-,17+,18+,24?/m1/s1. The van der Waals surface area contributed by atoms with Gasteiger partial charge in [-0.2, -0.15) is 0 Å². The molecule has 0 spiro atoms. The molecule has 2 saturated heterocycles. The smallest absolute Gasteiger partial charge is 0.254 e. The molecule has 0 aromatic heterocycles. The quantitative estimate of drug-likeness (QED) is 0.603. The highest BCUT2D eigenvalue weighted by Gasteiger charge is 2.49. The monoisotopic (exact) mass is 460 g/mol. The first-order valence-electron chi connectivity index (χ1n) is 11.7. The normalized spacial score (nSPS) is 29.7. The summed E-state index contributed by atoms with van der Waals surface area (Å²) in [6.45, 7) is 14.4. The molecule has 2 heterocycles. The Hall–Kier alpha value is -1.28. The molecule has 1 unspecified atom stereocenters. The predicted octanol–water partition coefficient (Wildman–Crippen LogP) is 3.36. The Kier molecular flexibility index (Phi) is 7.72. The fraction of sp³-hybridized carbons (Fsp3) is 0.917. The van der Waals surface area contributed by atoms with Crippen molar-refractivity contribution in [1.82, 2.24) is 9.80 Å². The number of rotatable bonds is 8. The number of hydrogen-bond acceptors (Lipinski definition) is 4. The van der Waals surface area contributed by atoms with E-state index in [1.807, 2.05) is 27.7 Å². The first-order valence-corrected chi connectivity index (χ1v) is 11.7. The van der Waals surface area contributed by atoms with E-state index in [0.717, 1.165) is 6.42 Å². The molecule has 6 nitrogen and oxygen atoms in total. The molecule has 0 aromatic carbocycles. The summed E-state index contributed by atoms with van der Waals surface area (Å²) in [6, 6.07) is 0. The summed E-state index contributed by atoms with van der Waals surface area (Å²) < 4.78 is 35.5. The Morgan fingerprint density at radius 2 is 1.62 bits per heavy atom. The number of ether oxygens (including phenoxy) is 1. The van der Waals surface area contributed by atoms with Crippen molar-refractivity contribution < 1.29 is 28.2 Å². The number of nitrogens with zero attached hydrogens (tertiary/aromatic N) is 2. The van der Waals surface area contributed by atoms with Gasteiger partial charge in [0.05, 0.1) is 19.7 Å². The highest BCUT2D eigenvalue weighted by Crippen LogP contribution is 2.40. The molecule has 0 bridgehead atoms. The van der Waals surface area contributed by atoms with Crippen LogP contribution in [-0.2, 0) is 14.3 Å². The zero-order valence-corrected chi connectivity index (χ0v) is 21.0. The SMILES string of the molecule is CCCC1(C)CN(C(=O)C(C)(C)OCC(C)(C)[C@@H]2CN(C(=O)C(C)(C)O)C[C@@H]2F)C[C@@H]1F. The van der Waals surface area contributed by atoms with Crippen molar-refractivity contribution in [3.63, 3.8) is 0 Å². The minimum atomic E-state index is -1.56. The van der Waals surface area contributed by atoms with Crippen LogP contribution in [0.5, 0.6) is 0 Å². The largest absolute Gasteiger partial charge is 0.381 e. The van der Waals surface area contributed by atoms with E-state index >= 15 is 0 Å². The second-order valence-electron chi connectivity index (χ2n) is 11.7. The summed E-state index contributed by atoms with van der Waals surface area (Å²) in [7, 11) is 0. The lowest BCUT2D eigenvalue weighted by molar-refractivity contribution is -0.159.